The van der Waals surface area contributed by atoms with Crippen LogP contribution in [0.15, 0.2) is 29.8 Å². The molecule has 2 heterocycles. The highest BCUT2D eigenvalue weighted by atomic mass is 32.1. The third-order valence-electron chi connectivity index (χ3n) is 1.97. The summed E-state index contributed by atoms with van der Waals surface area (Å²) in [6, 6.07) is 7.40. The van der Waals surface area contributed by atoms with Crippen LogP contribution in [-0.2, 0) is 0 Å². The summed E-state index contributed by atoms with van der Waals surface area (Å²) in [5.74, 6) is 0. The van der Waals surface area contributed by atoms with E-state index in [1.54, 1.807) is 12.1 Å². The second-order valence-electron chi connectivity index (χ2n) is 2.87. The van der Waals surface area contributed by atoms with Crippen molar-refractivity contribution in [1.82, 2.24) is 4.98 Å². The Kier molecular flexibility index (Phi) is 2.57. The van der Waals surface area contributed by atoms with Gasteiger partial charge in [0.25, 0.3) is 0 Å². The predicted molar refractivity (Wildman–Crippen MR) is 57.7 cm³/mol. The largest absolute Gasteiger partial charge is 0.298 e. The monoisotopic (exact) mass is 214 g/mol. The van der Waals surface area contributed by atoms with Crippen LogP contribution in [-0.4, -0.2) is 11.3 Å². The van der Waals surface area contributed by atoms with Gasteiger partial charge in [0.2, 0.25) is 0 Å². The van der Waals surface area contributed by atoms with Crippen LogP contribution in [0.3, 0.4) is 0 Å². The standard InChI is InChI=1S/C11H6N2OS/c12-5-11-9(3-4-15-11)10-2-1-8(7-14)6-13-10/h1-4,6-7H. The highest BCUT2D eigenvalue weighted by molar-refractivity contribution is 7.11. The van der Waals surface area contributed by atoms with Gasteiger partial charge in [0.05, 0.1) is 5.69 Å². The molecule has 72 valence electrons. The number of hydrogen-bond donors (Lipinski definition) is 0. The van der Waals surface area contributed by atoms with E-state index in [2.05, 4.69) is 11.1 Å². The van der Waals surface area contributed by atoms with Crippen LogP contribution < -0.4 is 0 Å². The zero-order valence-electron chi connectivity index (χ0n) is 7.68. The summed E-state index contributed by atoms with van der Waals surface area (Å²) < 4.78 is 0. The van der Waals surface area contributed by atoms with Gasteiger partial charge < -0.3 is 0 Å². The lowest BCUT2D eigenvalue weighted by atomic mass is 10.1. The van der Waals surface area contributed by atoms with Crippen LogP contribution in [0, 0.1) is 11.3 Å². The molecular weight excluding hydrogens is 208 g/mol. The van der Waals surface area contributed by atoms with Crippen LogP contribution in [0.2, 0.25) is 0 Å². The first kappa shape index (κ1) is 9.56. The lowest BCUT2D eigenvalue weighted by Crippen LogP contribution is -1.86. The van der Waals surface area contributed by atoms with E-state index < -0.39 is 0 Å². The number of carbonyl (C=O) groups excluding carboxylic acids is 1. The van der Waals surface area contributed by atoms with Gasteiger partial charge in [0.15, 0.2) is 6.29 Å². The van der Waals surface area contributed by atoms with Crippen molar-refractivity contribution in [3.63, 3.8) is 0 Å². The molecule has 2 rings (SSSR count). The van der Waals surface area contributed by atoms with Gasteiger partial charge in [0, 0.05) is 17.3 Å². The minimum absolute atomic E-state index is 0.535. The van der Waals surface area contributed by atoms with Crippen LogP contribution in [0.4, 0.5) is 0 Å². The maximum Gasteiger partial charge on any atom is 0.151 e. The predicted octanol–water partition coefficient (Wildman–Crippen LogP) is 2.49. The molecule has 0 aliphatic carbocycles. The van der Waals surface area contributed by atoms with Crippen molar-refractivity contribution in [2.45, 2.75) is 0 Å². The molecule has 0 spiro atoms. The number of rotatable bonds is 2. The topological polar surface area (TPSA) is 53.8 Å². The van der Waals surface area contributed by atoms with E-state index in [1.165, 1.54) is 17.5 Å². The Labute approximate surface area is 90.6 Å². The molecule has 0 atom stereocenters. The number of hydrogen-bond acceptors (Lipinski definition) is 4. The Morgan fingerprint density at radius 3 is 2.87 bits per heavy atom. The fraction of sp³-hybridized carbons (Fsp3) is 0. The number of thiophene rings is 1. The molecular formula is C11H6N2OS. The third-order valence-corrected chi connectivity index (χ3v) is 2.78. The summed E-state index contributed by atoms with van der Waals surface area (Å²) in [6.07, 6.45) is 2.25. The first-order valence-electron chi connectivity index (χ1n) is 4.24. The molecule has 0 N–H and O–H groups in total. The smallest absolute Gasteiger partial charge is 0.151 e. The molecule has 0 aliphatic rings. The van der Waals surface area contributed by atoms with Crippen molar-refractivity contribution in [3.8, 4) is 17.3 Å². The molecule has 0 amide bonds. The summed E-state index contributed by atoms with van der Waals surface area (Å²) >= 11 is 1.38. The van der Waals surface area contributed by atoms with Gasteiger partial charge in [-0.3, -0.25) is 9.78 Å². The fourth-order valence-electron chi connectivity index (χ4n) is 1.23. The van der Waals surface area contributed by atoms with Gasteiger partial charge in [-0.2, -0.15) is 5.26 Å². The SMILES string of the molecule is N#Cc1sccc1-c1ccc(C=O)cn1. The zero-order chi connectivity index (χ0) is 10.7. The quantitative estimate of drug-likeness (QED) is 0.722. The van der Waals surface area contributed by atoms with E-state index in [0.29, 0.717) is 10.4 Å². The molecule has 2 aromatic rings. The second-order valence-corrected chi connectivity index (χ2v) is 3.79. The van der Waals surface area contributed by atoms with Crippen molar-refractivity contribution in [2.75, 3.05) is 0 Å². The third kappa shape index (κ3) is 1.78. The van der Waals surface area contributed by atoms with Gasteiger partial charge in [-0.1, -0.05) is 0 Å². The van der Waals surface area contributed by atoms with Gasteiger partial charge in [-0.25, -0.2) is 0 Å². The number of aldehydes is 1. The van der Waals surface area contributed by atoms with Crippen molar-refractivity contribution >= 4 is 17.6 Å². The molecule has 0 radical (unpaired) electrons. The second kappa shape index (κ2) is 4.03. The van der Waals surface area contributed by atoms with Crippen molar-refractivity contribution in [1.29, 1.82) is 5.26 Å². The zero-order valence-corrected chi connectivity index (χ0v) is 8.49. The van der Waals surface area contributed by atoms with E-state index in [-0.39, 0.29) is 0 Å². The summed E-state index contributed by atoms with van der Waals surface area (Å²) in [5, 5.41) is 10.7. The lowest BCUT2D eigenvalue weighted by Gasteiger charge is -1.97. The van der Waals surface area contributed by atoms with Crippen LogP contribution in [0.1, 0.15) is 15.2 Å². The lowest BCUT2D eigenvalue weighted by molar-refractivity contribution is 0.112. The molecule has 0 aliphatic heterocycles. The minimum Gasteiger partial charge on any atom is -0.298 e. The first-order valence-corrected chi connectivity index (χ1v) is 5.12. The van der Waals surface area contributed by atoms with Crippen molar-refractivity contribution < 1.29 is 4.79 Å². The molecule has 2 aromatic heterocycles. The Balaban J connectivity index is 2.46. The van der Waals surface area contributed by atoms with Crippen molar-refractivity contribution in [3.05, 3.63) is 40.2 Å². The van der Waals surface area contributed by atoms with E-state index in [1.807, 2.05) is 11.4 Å². The Hall–Kier alpha value is -1.99. The van der Waals surface area contributed by atoms with Crippen molar-refractivity contribution in [2.24, 2.45) is 0 Å². The number of nitrogens with zero attached hydrogens (tertiary/aromatic N) is 2. The molecule has 3 nitrogen and oxygen atoms in total. The maximum absolute atomic E-state index is 10.4. The molecule has 0 saturated heterocycles. The van der Waals surface area contributed by atoms with Crippen LogP contribution in [0.25, 0.3) is 11.3 Å². The molecule has 0 saturated carbocycles. The molecule has 0 bridgehead atoms. The summed E-state index contributed by atoms with van der Waals surface area (Å²) in [4.78, 5) is 15.2. The highest BCUT2D eigenvalue weighted by Gasteiger charge is 2.06. The fourth-order valence-corrected chi connectivity index (χ4v) is 1.92. The minimum atomic E-state index is 0.535. The summed E-state index contributed by atoms with van der Waals surface area (Å²) in [5.41, 5.74) is 2.07. The number of carbonyl (C=O) groups is 1. The van der Waals surface area contributed by atoms with Gasteiger partial charge in [-0.05, 0) is 23.6 Å². The number of aromatic nitrogens is 1. The number of nitriles is 1. The number of pyridine rings is 1. The average molecular weight is 214 g/mol. The maximum atomic E-state index is 10.4. The summed E-state index contributed by atoms with van der Waals surface area (Å²) in [6.45, 7) is 0. The van der Waals surface area contributed by atoms with E-state index in [0.717, 1.165) is 17.5 Å². The first-order chi connectivity index (χ1) is 7.35. The van der Waals surface area contributed by atoms with E-state index in [4.69, 9.17) is 5.26 Å². The highest BCUT2D eigenvalue weighted by Crippen LogP contribution is 2.25. The van der Waals surface area contributed by atoms with E-state index >= 15 is 0 Å². The molecule has 0 fully saturated rings. The Morgan fingerprint density at radius 1 is 1.40 bits per heavy atom. The molecule has 15 heavy (non-hydrogen) atoms. The Bertz CT molecular complexity index is 522. The average Bonchev–Trinajstić information content (AvgIpc) is 2.77. The van der Waals surface area contributed by atoms with Crippen LogP contribution in [0.5, 0.6) is 0 Å². The summed E-state index contributed by atoms with van der Waals surface area (Å²) in [7, 11) is 0. The molecule has 0 aromatic carbocycles. The Morgan fingerprint density at radius 2 is 2.27 bits per heavy atom. The van der Waals surface area contributed by atoms with Crippen LogP contribution >= 0.6 is 11.3 Å². The van der Waals surface area contributed by atoms with Gasteiger partial charge in [0.1, 0.15) is 10.9 Å². The molecule has 4 heteroatoms. The van der Waals surface area contributed by atoms with Gasteiger partial charge >= 0.3 is 0 Å². The normalized spacial score (nSPS) is 9.53. The van der Waals surface area contributed by atoms with E-state index in [9.17, 15) is 4.79 Å². The molecule has 0 unspecified atom stereocenters. The van der Waals surface area contributed by atoms with Gasteiger partial charge in [-0.15, -0.1) is 11.3 Å².